The zero-order valence-electron chi connectivity index (χ0n) is 18.3. The highest BCUT2D eigenvalue weighted by Gasteiger charge is 2.46. The van der Waals surface area contributed by atoms with Gasteiger partial charge in [-0.3, -0.25) is 9.59 Å². The molecule has 0 spiro atoms. The molecule has 7 nitrogen and oxygen atoms in total. The molecule has 2 aromatic rings. The average Bonchev–Trinajstić information content (AvgIpc) is 3.05. The number of methoxy groups -OCH3 is 2. The molecule has 170 valence electrons. The molecule has 3 rings (SSSR count). The Morgan fingerprint density at radius 2 is 1.91 bits per heavy atom. The van der Waals surface area contributed by atoms with Crippen molar-refractivity contribution in [3.8, 4) is 11.5 Å². The van der Waals surface area contributed by atoms with Gasteiger partial charge in [0, 0.05) is 19.2 Å². The minimum atomic E-state index is -0.767. The molecule has 1 N–H and O–H groups in total. The lowest BCUT2D eigenvalue weighted by Crippen LogP contribution is -2.32. The number of nitrogens with zero attached hydrogens (tertiary/aromatic N) is 1. The summed E-state index contributed by atoms with van der Waals surface area (Å²) in [7, 11) is 3.06. The van der Waals surface area contributed by atoms with Gasteiger partial charge in [-0.15, -0.1) is 0 Å². The minimum Gasteiger partial charge on any atom is -0.507 e. The van der Waals surface area contributed by atoms with Crippen LogP contribution < -0.4 is 9.47 Å². The maximum atomic E-state index is 13.0. The van der Waals surface area contributed by atoms with Crippen LogP contribution in [-0.2, 0) is 14.3 Å². The number of carbonyl (C=O) groups is 2. The van der Waals surface area contributed by atoms with Gasteiger partial charge in [0.15, 0.2) is 0 Å². The fraction of sp³-hybridized carbons (Fsp3) is 0.333. The number of amides is 1. The summed E-state index contributed by atoms with van der Waals surface area (Å²) in [4.78, 5) is 27.3. The Labute approximate surface area is 195 Å². The van der Waals surface area contributed by atoms with E-state index in [-0.39, 0.29) is 24.5 Å². The fourth-order valence-electron chi connectivity index (χ4n) is 3.61. The third-order valence-electron chi connectivity index (χ3n) is 5.15. The van der Waals surface area contributed by atoms with E-state index >= 15 is 0 Å². The van der Waals surface area contributed by atoms with Gasteiger partial charge < -0.3 is 24.2 Å². The number of hydrogen-bond donors (Lipinski definition) is 1. The number of halogens is 1. The summed E-state index contributed by atoms with van der Waals surface area (Å²) < 4.78 is 16.7. The Bertz CT molecular complexity index is 1030. The predicted molar refractivity (Wildman–Crippen MR) is 124 cm³/mol. The Hall–Kier alpha value is -2.84. The molecule has 0 aliphatic carbocycles. The highest BCUT2D eigenvalue weighted by Crippen LogP contribution is 2.41. The van der Waals surface area contributed by atoms with Gasteiger partial charge in [-0.2, -0.15) is 0 Å². The summed E-state index contributed by atoms with van der Waals surface area (Å²) in [5.74, 6) is -0.457. The molecule has 0 bridgehead atoms. The molecule has 0 saturated carbocycles. The number of rotatable bonds is 9. The van der Waals surface area contributed by atoms with E-state index in [1.807, 2.05) is 19.1 Å². The number of ketones is 1. The van der Waals surface area contributed by atoms with Crippen LogP contribution in [0.25, 0.3) is 5.76 Å². The number of hydrogen-bond acceptors (Lipinski definition) is 6. The highest BCUT2D eigenvalue weighted by molar-refractivity contribution is 9.10. The maximum absolute atomic E-state index is 13.0. The monoisotopic (exact) mass is 503 g/mol. The molecule has 0 aromatic heterocycles. The number of likely N-dealkylation sites (tertiary alicyclic amines) is 1. The Morgan fingerprint density at radius 3 is 2.56 bits per heavy atom. The molecule has 32 heavy (non-hydrogen) atoms. The standard InChI is InChI=1S/C24H26BrNO6/c1-4-11-32-17-7-5-6-15(13-17)21-20(23(28)24(29)26(21)10-12-30-2)22(27)16-8-9-19(31-3)18(25)14-16/h5-9,13-14,21,27H,4,10-12H2,1-3H3/b22-20+. The van der Waals surface area contributed by atoms with Crippen molar-refractivity contribution in [2.45, 2.75) is 19.4 Å². The first-order valence-electron chi connectivity index (χ1n) is 10.3. The Balaban J connectivity index is 2.13. The van der Waals surface area contributed by atoms with Crippen molar-refractivity contribution < 1.29 is 28.9 Å². The smallest absolute Gasteiger partial charge is 0.295 e. The van der Waals surface area contributed by atoms with E-state index in [2.05, 4.69) is 15.9 Å². The quantitative estimate of drug-likeness (QED) is 0.311. The molecule has 1 aliphatic rings. The summed E-state index contributed by atoms with van der Waals surface area (Å²) in [5.41, 5.74) is 1.09. The largest absolute Gasteiger partial charge is 0.507 e. The second-order valence-electron chi connectivity index (χ2n) is 7.26. The first-order valence-corrected chi connectivity index (χ1v) is 11.1. The van der Waals surface area contributed by atoms with Gasteiger partial charge in [-0.1, -0.05) is 19.1 Å². The lowest BCUT2D eigenvalue weighted by Gasteiger charge is -2.25. The summed E-state index contributed by atoms with van der Waals surface area (Å²) >= 11 is 3.40. The number of aliphatic hydroxyl groups is 1. The van der Waals surface area contributed by atoms with Crippen LogP contribution in [-0.4, -0.2) is 55.7 Å². The van der Waals surface area contributed by atoms with E-state index in [4.69, 9.17) is 14.2 Å². The predicted octanol–water partition coefficient (Wildman–Crippen LogP) is 4.31. The van der Waals surface area contributed by atoms with Gasteiger partial charge in [0.25, 0.3) is 11.7 Å². The third kappa shape index (κ3) is 4.81. The third-order valence-corrected chi connectivity index (χ3v) is 5.77. The van der Waals surface area contributed by atoms with Crippen molar-refractivity contribution >= 4 is 33.4 Å². The van der Waals surface area contributed by atoms with Gasteiger partial charge in [0.05, 0.1) is 36.4 Å². The summed E-state index contributed by atoms with van der Waals surface area (Å²) in [6.45, 7) is 3.02. The van der Waals surface area contributed by atoms with Gasteiger partial charge in [-0.25, -0.2) is 0 Å². The number of ether oxygens (including phenoxy) is 3. The van der Waals surface area contributed by atoms with Crippen LogP contribution in [0.15, 0.2) is 52.5 Å². The van der Waals surface area contributed by atoms with E-state index in [1.54, 1.807) is 30.3 Å². The van der Waals surface area contributed by atoms with Crippen molar-refractivity contribution in [3.63, 3.8) is 0 Å². The van der Waals surface area contributed by atoms with E-state index in [9.17, 15) is 14.7 Å². The highest BCUT2D eigenvalue weighted by atomic mass is 79.9. The Morgan fingerprint density at radius 1 is 1.12 bits per heavy atom. The number of benzene rings is 2. The molecule has 1 saturated heterocycles. The minimum absolute atomic E-state index is 0.0239. The molecule has 1 aliphatic heterocycles. The number of Topliss-reactive ketones (excluding diaryl/α,β-unsaturated/α-hetero) is 1. The van der Waals surface area contributed by atoms with Crippen molar-refractivity contribution in [3.05, 3.63) is 63.6 Å². The van der Waals surface area contributed by atoms with Crippen LogP contribution >= 0.6 is 15.9 Å². The summed E-state index contributed by atoms with van der Waals surface area (Å²) in [5, 5.41) is 11.1. The molecule has 1 heterocycles. The molecule has 8 heteroatoms. The normalized spacial score (nSPS) is 17.6. The zero-order chi connectivity index (χ0) is 23.3. The van der Waals surface area contributed by atoms with Crippen LogP contribution in [0.3, 0.4) is 0 Å². The van der Waals surface area contributed by atoms with Crippen LogP contribution in [0.1, 0.15) is 30.5 Å². The first-order chi connectivity index (χ1) is 15.4. The molecule has 2 aromatic carbocycles. The molecule has 0 radical (unpaired) electrons. The summed E-state index contributed by atoms with van der Waals surface area (Å²) in [6, 6.07) is 11.4. The van der Waals surface area contributed by atoms with Crippen LogP contribution in [0.4, 0.5) is 0 Å². The van der Waals surface area contributed by atoms with Crippen LogP contribution in [0.5, 0.6) is 11.5 Å². The molecular weight excluding hydrogens is 478 g/mol. The van der Waals surface area contributed by atoms with Crippen molar-refractivity contribution in [1.29, 1.82) is 0 Å². The van der Waals surface area contributed by atoms with Crippen molar-refractivity contribution in [2.24, 2.45) is 0 Å². The molecule has 1 amide bonds. The number of aliphatic hydroxyl groups excluding tert-OH is 1. The lowest BCUT2D eigenvalue weighted by molar-refractivity contribution is -0.140. The maximum Gasteiger partial charge on any atom is 0.295 e. The fourth-order valence-corrected chi connectivity index (χ4v) is 4.15. The SMILES string of the molecule is CCCOc1cccc(C2/C(=C(\O)c3ccc(OC)c(Br)c3)C(=O)C(=O)N2CCOC)c1. The van der Waals surface area contributed by atoms with E-state index < -0.39 is 17.7 Å². The van der Waals surface area contributed by atoms with E-state index in [1.165, 1.54) is 19.1 Å². The molecular formula is C24H26BrNO6. The summed E-state index contributed by atoms with van der Waals surface area (Å²) in [6.07, 6.45) is 0.850. The second-order valence-corrected chi connectivity index (χ2v) is 8.11. The molecule has 1 fully saturated rings. The van der Waals surface area contributed by atoms with Crippen LogP contribution in [0.2, 0.25) is 0 Å². The lowest BCUT2D eigenvalue weighted by atomic mass is 9.95. The number of carbonyl (C=O) groups excluding carboxylic acids is 2. The van der Waals surface area contributed by atoms with E-state index in [0.29, 0.717) is 33.7 Å². The molecule has 1 atom stereocenters. The van der Waals surface area contributed by atoms with Gasteiger partial charge >= 0.3 is 0 Å². The van der Waals surface area contributed by atoms with Gasteiger partial charge in [-0.05, 0) is 58.2 Å². The zero-order valence-corrected chi connectivity index (χ0v) is 19.8. The van der Waals surface area contributed by atoms with E-state index in [0.717, 1.165) is 6.42 Å². The second kappa shape index (κ2) is 10.7. The van der Waals surface area contributed by atoms with Gasteiger partial charge in [0.2, 0.25) is 0 Å². The van der Waals surface area contributed by atoms with Crippen molar-refractivity contribution in [2.75, 3.05) is 34.0 Å². The topological polar surface area (TPSA) is 85.3 Å². The van der Waals surface area contributed by atoms with Gasteiger partial charge in [0.1, 0.15) is 17.3 Å². The Kier molecular flexibility index (Phi) is 7.93. The first kappa shape index (κ1) is 23.8. The molecule has 1 unspecified atom stereocenters. The van der Waals surface area contributed by atoms with Crippen LogP contribution in [0, 0.1) is 0 Å². The van der Waals surface area contributed by atoms with Crippen molar-refractivity contribution in [1.82, 2.24) is 4.90 Å². The average molecular weight is 504 g/mol.